The molecule has 0 spiro atoms. The van der Waals surface area contributed by atoms with Gasteiger partial charge in [-0.1, -0.05) is 0 Å². The number of fused-ring (bicyclic) bond motifs is 1. The minimum atomic E-state index is 0. The molecule has 2 aliphatic rings. The first-order valence-corrected chi connectivity index (χ1v) is 9.05. The minimum Gasteiger partial charge on any atom is -0.458 e. The van der Waals surface area contributed by atoms with Crippen molar-refractivity contribution >= 4 is 30.7 Å². The number of aromatic amines is 1. The van der Waals surface area contributed by atoms with Gasteiger partial charge in [0.05, 0.1) is 6.54 Å². The molecule has 9 heteroatoms. The molecule has 150 valence electrons. The van der Waals surface area contributed by atoms with E-state index in [0.29, 0.717) is 31.5 Å². The van der Waals surface area contributed by atoms with Crippen LogP contribution in [0.15, 0.2) is 28.8 Å². The maximum Gasteiger partial charge on any atom is 0.222 e. The second-order valence-electron chi connectivity index (χ2n) is 7.00. The number of piperidine rings is 2. The SMILES string of the molecule is Cl.Cl.NCCN1C(=O)CC[C@H]2CN(Cc3ccc(-c4ccn[nH]4)o3)CC[C@H]21. The summed E-state index contributed by atoms with van der Waals surface area (Å²) < 4.78 is 5.95. The number of aromatic nitrogens is 2. The van der Waals surface area contributed by atoms with Crippen molar-refractivity contribution in [3.63, 3.8) is 0 Å². The van der Waals surface area contributed by atoms with Crippen LogP contribution in [0.3, 0.4) is 0 Å². The fourth-order valence-electron chi connectivity index (χ4n) is 4.22. The Hall–Kier alpha value is -1.54. The first-order chi connectivity index (χ1) is 12.2. The summed E-state index contributed by atoms with van der Waals surface area (Å²) in [5, 5.41) is 6.88. The molecule has 2 saturated heterocycles. The van der Waals surface area contributed by atoms with Gasteiger partial charge in [-0.25, -0.2) is 0 Å². The molecule has 7 nitrogen and oxygen atoms in total. The van der Waals surface area contributed by atoms with Crippen molar-refractivity contribution in [3.8, 4) is 11.5 Å². The zero-order valence-electron chi connectivity index (χ0n) is 15.2. The van der Waals surface area contributed by atoms with E-state index in [1.54, 1.807) is 6.20 Å². The first-order valence-electron chi connectivity index (χ1n) is 9.05. The van der Waals surface area contributed by atoms with Gasteiger partial charge in [-0.05, 0) is 37.0 Å². The normalized spacial score (nSPS) is 22.7. The van der Waals surface area contributed by atoms with Crippen LogP contribution in [-0.2, 0) is 11.3 Å². The number of amides is 1. The van der Waals surface area contributed by atoms with E-state index in [-0.39, 0.29) is 30.7 Å². The van der Waals surface area contributed by atoms with Gasteiger partial charge in [-0.3, -0.25) is 14.8 Å². The number of rotatable bonds is 5. The Morgan fingerprint density at radius 3 is 2.85 bits per heavy atom. The third kappa shape index (κ3) is 4.66. The minimum absolute atomic E-state index is 0. The van der Waals surface area contributed by atoms with Crippen molar-refractivity contribution in [3.05, 3.63) is 30.2 Å². The molecule has 1 amide bonds. The lowest BCUT2D eigenvalue weighted by Crippen LogP contribution is -2.56. The molecule has 2 fully saturated rings. The monoisotopic (exact) mass is 415 g/mol. The van der Waals surface area contributed by atoms with Gasteiger partial charge in [0, 0.05) is 44.8 Å². The Bertz CT molecular complexity index is 721. The van der Waals surface area contributed by atoms with Gasteiger partial charge in [0.1, 0.15) is 11.5 Å². The number of nitrogens with one attached hydrogen (secondary N) is 1. The number of halogens is 2. The molecule has 3 N–H and O–H groups in total. The molecule has 2 aromatic rings. The third-order valence-corrected chi connectivity index (χ3v) is 5.40. The topological polar surface area (TPSA) is 91.4 Å². The van der Waals surface area contributed by atoms with E-state index in [4.69, 9.17) is 10.2 Å². The summed E-state index contributed by atoms with van der Waals surface area (Å²) in [4.78, 5) is 16.6. The van der Waals surface area contributed by atoms with E-state index < -0.39 is 0 Å². The first kappa shape index (κ1) is 21.8. The van der Waals surface area contributed by atoms with E-state index in [9.17, 15) is 4.79 Å². The van der Waals surface area contributed by atoms with Crippen molar-refractivity contribution < 1.29 is 9.21 Å². The Labute approximate surface area is 171 Å². The standard InChI is InChI=1S/C18H25N5O2.2ClH/c19-7-10-23-16-6-9-22(11-13(16)1-4-18(23)24)12-14-2-3-17(25-14)15-5-8-20-21-15;;/h2-3,5,8,13,16H,1,4,6-7,9-12,19H2,(H,20,21);2*1H/t13-,16+;;/m0../s1. The number of likely N-dealkylation sites (tertiary alicyclic amines) is 2. The highest BCUT2D eigenvalue weighted by molar-refractivity contribution is 5.85. The van der Waals surface area contributed by atoms with Crippen LogP contribution in [0.1, 0.15) is 25.0 Å². The van der Waals surface area contributed by atoms with Crippen molar-refractivity contribution in [2.75, 3.05) is 26.2 Å². The summed E-state index contributed by atoms with van der Waals surface area (Å²) in [6.07, 6.45) is 4.38. The number of carbonyl (C=O) groups excluding carboxylic acids is 1. The fourth-order valence-corrected chi connectivity index (χ4v) is 4.22. The number of H-pyrrole nitrogens is 1. The third-order valence-electron chi connectivity index (χ3n) is 5.40. The largest absolute Gasteiger partial charge is 0.458 e. The Morgan fingerprint density at radius 2 is 2.11 bits per heavy atom. The number of hydrogen-bond acceptors (Lipinski definition) is 5. The molecular formula is C18H27Cl2N5O2. The van der Waals surface area contributed by atoms with Gasteiger partial charge in [0.25, 0.3) is 0 Å². The van der Waals surface area contributed by atoms with Crippen LogP contribution in [0, 0.1) is 5.92 Å². The predicted octanol–water partition coefficient (Wildman–Crippen LogP) is 2.28. The van der Waals surface area contributed by atoms with Crippen molar-refractivity contribution in [2.45, 2.75) is 31.8 Å². The second kappa shape index (κ2) is 9.59. The number of carbonyl (C=O) groups is 1. The van der Waals surface area contributed by atoms with E-state index in [2.05, 4.69) is 15.1 Å². The van der Waals surface area contributed by atoms with Crippen LogP contribution in [-0.4, -0.2) is 58.1 Å². The zero-order valence-corrected chi connectivity index (χ0v) is 16.8. The van der Waals surface area contributed by atoms with Crippen LogP contribution >= 0.6 is 24.8 Å². The molecule has 4 rings (SSSR count). The van der Waals surface area contributed by atoms with Gasteiger partial charge < -0.3 is 15.1 Å². The molecule has 27 heavy (non-hydrogen) atoms. The molecule has 0 radical (unpaired) electrons. The summed E-state index contributed by atoms with van der Waals surface area (Å²) in [7, 11) is 0. The molecule has 2 aliphatic heterocycles. The zero-order chi connectivity index (χ0) is 17.2. The number of nitrogens with two attached hydrogens (primary N) is 1. The van der Waals surface area contributed by atoms with Gasteiger partial charge in [-0.15, -0.1) is 24.8 Å². The molecular weight excluding hydrogens is 389 g/mol. The highest BCUT2D eigenvalue weighted by Crippen LogP contribution is 2.32. The average Bonchev–Trinajstić information content (AvgIpc) is 3.29. The molecule has 2 aromatic heterocycles. The second-order valence-corrected chi connectivity index (χ2v) is 7.00. The summed E-state index contributed by atoms with van der Waals surface area (Å²) in [5.74, 6) is 2.60. The van der Waals surface area contributed by atoms with Gasteiger partial charge in [0.15, 0.2) is 5.76 Å². The van der Waals surface area contributed by atoms with E-state index in [0.717, 1.165) is 49.7 Å². The Balaban J connectivity index is 0.00000131. The number of hydrogen-bond donors (Lipinski definition) is 2. The summed E-state index contributed by atoms with van der Waals surface area (Å²) in [5.41, 5.74) is 6.59. The van der Waals surface area contributed by atoms with Crippen molar-refractivity contribution in [2.24, 2.45) is 11.7 Å². The highest BCUT2D eigenvalue weighted by atomic mass is 35.5. The lowest BCUT2D eigenvalue weighted by Gasteiger charge is -2.47. The highest BCUT2D eigenvalue weighted by Gasteiger charge is 2.38. The molecule has 0 bridgehead atoms. The van der Waals surface area contributed by atoms with E-state index >= 15 is 0 Å². The quantitative estimate of drug-likeness (QED) is 0.781. The summed E-state index contributed by atoms with van der Waals surface area (Å²) >= 11 is 0. The van der Waals surface area contributed by atoms with Crippen LogP contribution in [0.5, 0.6) is 0 Å². The van der Waals surface area contributed by atoms with E-state index in [1.165, 1.54) is 0 Å². The molecule has 0 unspecified atom stereocenters. The predicted molar refractivity (Wildman–Crippen MR) is 108 cm³/mol. The smallest absolute Gasteiger partial charge is 0.222 e. The van der Waals surface area contributed by atoms with Crippen molar-refractivity contribution in [1.29, 1.82) is 0 Å². The molecule has 0 aromatic carbocycles. The maximum absolute atomic E-state index is 12.2. The molecule has 0 saturated carbocycles. The Morgan fingerprint density at radius 1 is 1.26 bits per heavy atom. The average molecular weight is 416 g/mol. The Kier molecular flexibility index (Phi) is 7.73. The maximum atomic E-state index is 12.2. The van der Waals surface area contributed by atoms with Gasteiger partial charge >= 0.3 is 0 Å². The lowest BCUT2D eigenvalue weighted by molar-refractivity contribution is -0.141. The number of nitrogens with zero attached hydrogens (tertiary/aromatic N) is 3. The summed E-state index contributed by atoms with van der Waals surface area (Å²) in [6, 6.07) is 6.28. The molecule has 0 aliphatic carbocycles. The van der Waals surface area contributed by atoms with Crippen LogP contribution < -0.4 is 5.73 Å². The van der Waals surface area contributed by atoms with Crippen LogP contribution in [0.4, 0.5) is 0 Å². The van der Waals surface area contributed by atoms with Gasteiger partial charge in [-0.2, -0.15) is 5.10 Å². The van der Waals surface area contributed by atoms with Crippen molar-refractivity contribution in [1.82, 2.24) is 20.0 Å². The molecule has 4 heterocycles. The van der Waals surface area contributed by atoms with E-state index in [1.807, 2.05) is 23.1 Å². The lowest BCUT2D eigenvalue weighted by atomic mass is 9.83. The number of furan rings is 1. The van der Waals surface area contributed by atoms with Gasteiger partial charge in [0.2, 0.25) is 5.91 Å². The fraction of sp³-hybridized carbons (Fsp3) is 0.556. The molecule has 2 atom stereocenters. The van der Waals surface area contributed by atoms with Crippen LogP contribution in [0.25, 0.3) is 11.5 Å². The van der Waals surface area contributed by atoms with Crippen LogP contribution in [0.2, 0.25) is 0 Å². The summed E-state index contributed by atoms with van der Waals surface area (Å²) in [6.45, 7) is 4.03.